The fourth-order valence-electron chi connectivity index (χ4n) is 3.84. The molecule has 2 saturated carbocycles. The zero-order chi connectivity index (χ0) is 13.5. The van der Waals surface area contributed by atoms with E-state index in [0.29, 0.717) is 11.8 Å². The van der Waals surface area contributed by atoms with Crippen molar-refractivity contribution < 1.29 is 9.59 Å². The SMILES string of the molecule is O=C=NC1CCCC(C(N=C=O)C2CCCCC2)C1. The van der Waals surface area contributed by atoms with Gasteiger partial charge in [-0.05, 0) is 43.9 Å². The van der Waals surface area contributed by atoms with Crippen molar-refractivity contribution in [3.63, 3.8) is 0 Å². The van der Waals surface area contributed by atoms with Crippen molar-refractivity contribution in [1.29, 1.82) is 0 Å². The molecule has 3 atom stereocenters. The van der Waals surface area contributed by atoms with Gasteiger partial charge in [0.15, 0.2) is 0 Å². The Morgan fingerprint density at radius 1 is 0.842 bits per heavy atom. The summed E-state index contributed by atoms with van der Waals surface area (Å²) in [5, 5.41) is 0. The molecule has 2 rings (SSSR count). The summed E-state index contributed by atoms with van der Waals surface area (Å²) in [5.41, 5.74) is 0. The molecule has 4 heteroatoms. The molecule has 0 saturated heterocycles. The topological polar surface area (TPSA) is 58.9 Å². The molecule has 2 fully saturated rings. The van der Waals surface area contributed by atoms with Crippen molar-refractivity contribution in [3.8, 4) is 0 Å². The van der Waals surface area contributed by atoms with Gasteiger partial charge in [0.2, 0.25) is 12.2 Å². The smallest absolute Gasteiger partial charge is 0.211 e. The highest BCUT2D eigenvalue weighted by Gasteiger charge is 2.34. The van der Waals surface area contributed by atoms with Gasteiger partial charge in [0.05, 0.1) is 12.1 Å². The molecule has 19 heavy (non-hydrogen) atoms. The maximum atomic E-state index is 10.7. The Morgan fingerprint density at radius 2 is 1.58 bits per heavy atom. The summed E-state index contributed by atoms with van der Waals surface area (Å²) >= 11 is 0. The van der Waals surface area contributed by atoms with Crippen LogP contribution in [0, 0.1) is 11.8 Å². The summed E-state index contributed by atoms with van der Waals surface area (Å²) in [4.78, 5) is 29.1. The molecule has 104 valence electrons. The van der Waals surface area contributed by atoms with Crippen LogP contribution in [0.25, 0.3) is 0 Å². The van der Waals surface area contributed by atoms with Crippen molar-refractivity contribution in [2.45, 2.75) is 69.9 Å². The van der Waals surface area contributed by atoms with Crippen LogP contribution in [-0.4, -0.2) is 24.2 Å². The van der Waals surface area contributed by atoms with Gasteiger partial charge >= 0.3 is 0 Å². The molecule has 0 aromatic carbocycles. The molecule has 0 spiro atoms. The van der Waals surface area contributed by atoms with Gasteiger partial charge in [-0.3, -0.25) is 0 Å². The van der Waals surface area contributed by atoms with Crippen molar-refractivity contribution in [1.82, 2.24) is 0 Å². The second-order valence-electron chi connectivity index (χ2n) is 5.91. The first kappa shape index (κ1) is 14.2. The van der Waals surface area contributed by atoms with Crippen molar-refractivity contribution >= 4 is 12.2 Å². The van der Waals surface area contributed by atoms with E-state index in [1.807, 2.05) is 0 Å². The fraction of sp³-hybridized carbons (Fsp3) is 0.867. The minimum Gasteiger partial charge on any atom is -0.211 e. The van der Waals surface area contributed by atoms with E-state index in [-0.39, 0.29) is 12.1 Å². The highest BCUT2D eigenvalue weighted by molar-refractivity contribution is 5.34. The molecular formula is C15H22N2O2. The Labute approximate surface area is 114 Å². The van der Waals surface area contributed by atoms with Crippen LogP contribution in [0.5, 0.6) is 0 Å². The van der Waals surface area contributed by atoms with Crippen LogP contribution in [0.3, 0.4) is 0 Å². The number of carbonyl (C=O) groups excluding carboxylic acids is 2. The van der Waals surface area contributed by atoms with Crippen molar-refractivity contribution in [2.75, 3.05) is 0 Å². The lowest BCUT2D eigenvalue weighted by Crippen LogP contribution is -2.33. The van der Waals surface area contributed by atoms with Gasteiger partial charge in [-0.25, -0.2) is 19.6 Å². The lowest BCUT2D eigenvalue weighted by Gasteiger charge is -2.35. The summed E-state index contributed by atoms with van der Waals surface area (Å²) in [6.45, 7) is 0. The quantitative estimate of drug-likeness (QED) is 0.577. The number of aliphatic imine (C=N–C) groups is 2. The van der Waals surface area contributed by atoms with E-state index in [9.17, 15) is 9.59 Å². The summed E-state index contributed by atoms with van der Waals surface area (Å²) < 4.78 is 0. The van der Waals surface area contributed by atoms with Gasteiger partial charge in [0.1, 0.15) is 0 Å². The highest BCUT2D eigenvalue weighted by Crippen LogP contribution is 2.37. The zero-order valence-corrected chi connectivity index (χ0v) is 11.4. The number of isocyanates is 2. The third-order valence-electron chi connectivity index (χ3n) is 4.74. The van der Waals surface area contributed by atoms with Crippen LogP contribution < -0.4 is 0 Å². The first-order chi connectivity index (χ1) is 9.35. The van der Waals surface area contributed by atoms with E-state index in [1.165, 1.54) is 32.1 Å². The molecule has 0 bridgehead atoms. The average molecular weight is 262 g/mol. The van der Waals surface area contributed by atoms with E-state index in [2.05, 4.69) is 9.98 Å². The standard InChI is InChI=1S/C15H22N2O2/c18-10-16-14-8-4-7-13(9-14)15(17-11-19)12-5-2-1-3-6-12/h12-15H,1-9H2. The van der Waals surface area contributed by atoms with Gasteiger partial charge in [-0.2, -0.15) is 0 Å². The largest absolute Gasteiger partial charge is 0.235 e. The Bertz CT molecular complexity index is 378. The Morgan fingerprint density at radius 3 is 2.26 bits per heavy atom. The van der Waals surface area contributed by atoms with Gasteiger partial charge in [0, 0.05) is 0 Å². The lowest BCUT2D eigenvalue weighted by atomic mass is 9.73. The molecule has 4 nitrogen and oxygen atoms in total. The Hall–Kier alpha value is -1.24. The minimum atomic E-state index is 0.0872. The van der Waals surface area contributed by atoms with E-state index in [1.54, 1.807) is 12.2 Å². The van der Waals surface area contributed by atoms with Crippen LogP contribution >= 0.6 is 0 Å². The number of nitrogens with zero attached hydrogens (tertiary/aromatic N) is 2. The first-order valence-corrected chi connectivity index (χ1v) is 7.49. The normalized spacial score (nSPS) is 29.9. The second kappa shape index (κ2) is 7.37. The molecule has 2 aliphatic rings. The number of hydrogen-bond acceptors (Lipinski definition) is 4. The van der Waals surface area contributed by atoms with Gasteiger partial charge < -0.3 is 0 Å². The van der Waals surface area contributed by atoms with E-state index < -0.39 is 0 Å². The molecule has 0 amide bonds. The van der Waals surface area contributed by atoms with Crippen LogP contribution in [0.15, 0.2) is 9.98 Å². The second-order valence-corrected chi connectivity index (χ2v) is 5.91. The Balaban J connectivity index is 2.04. The molecule has 0 heterocycles. The third-order valence-corrected chi connectivity index (χ3v) is 4.74. The van der Waals surface area contributed by atoms with Gasteiger partial charge in [0.25, 0.3) is 0 Å². The molecular weight excluding hydrogens is 240 g/mol. The van der Waals surface area contributed by atoms with Crippen LogP contribution in [0.2, 0.25) is 0 Å². The molecule has 0 aromatic rings. The molecule has 0 radical (unpaired) electrons. The fourth-order valence-corrected chi connectivity index (χ4v) is 3.84. The summed E-state index contributed by atoms with van der Waals surface area (Å²) in [6, 6.07) is 0.187. The number of hydrogen-bond donors (Lipinski definition) is 0. The predicted molar refractivity (Wildman–Crippen MR) is 72.4 cm³/mol. The van der Waals surface area contributed by atoms with Gasteiger partial charge in [-0.1, -0.05) is 25.7 Å². The molecule has 0 aromatic heterocycles. The number of rotatable bonds is 4. The monoisotopic (exact) mass is 262 g/mol. The van der Waals surface area contributed by atoms with E-state index in [4.69, 9.17) is 0 Å². The molecule has 3 unspecified atom stereocenters. The van der Waals surface area contributed by atoms with E-state index in [0.717, 1.165) is 25.7 Å². The summed E-state index contributed by atoms with van der Waals surface area (Å²) in [7, 11) is 0. The minimum absolute atomic E-state index is 0.0872. The summed E-state index contributed by atoms with van der Waals surface area (Å²) in [6.07, 6.45) is 13.6. The maximum Gasteiger partial charge on any atom is 0.235 e. The van der Waals surface area contributed by atoms with E-state index >= 15 is 0 Å². The third kappa shape index (κ3) is 3.86. The van der Waals surface area contributed by atoms with Crippen molar-refractivity contribution in [3.05, 3.63) is 0 Å². The first-order valence-electron chi connectivity index (χ1n) is 7.49. The zero-order valence-electron chi connectivity index (χ0n) is 11.4. The van der Waals surface area contributed by atoms with Crippen LogP contribution in [-0.2, 0) is 9.59 Å². The molecule has 0 aliphatic heterocycles. The highest BCUT2D eigenvalue weighted by atomic mass is 16.1. The van der Waals surface area contributed by atoms with Crippen LogP contribution in [0.4, 0.5) is 0 Å². The molecule has 0 N–H and O–H groups in total. The average Bonchev–Trinajstić information content (AvgIpc) is 2.46. The maximum absolute atomic E-state index is 10.7. The lowest BCUT2D eigenvalue weighted by molar-refractivity contribution is 0.196. The Kier molecular flexibility index (Phi) is 5.50. The predicted octanol–water partition coefficient (Wildman–Crippen LogP) is 3.17. The van der Waals surface area contributed by atoms with Gasteiger partial charge in [-0.15, -0.1) is 0 Å². The molecule has 2 aliphatic carbocycles. The summed E-state index contributed by atoms with van der Waals surface area (Å²) in [5.74, 6) is 0.916. The van der Waals surface area contributed by atoms with Crippen LogP contribution in [0.1, 0.15) is 57.8 Å². The van der Waals surface area contributed by atoms with Crippen molar-refractivity contribution in [2.24, 2.45) is 21.8 Å².